The van der Waals surface area contributed by atoms with Crippen molar-refractivity contribution in [3.8, 4) is 6.19 Å². The molecular formula is C7H5Cl2N3O. The first-order valence-electron chi connectivity index (χ1n) is 3.28. The average Bonchev–Trinajstić information content (AvgIpc) is 2.33. The lowest BCUT2D eigenvalue weighted by Gasteiger charge is -1.99. The van der Waals surface area contributed by atoms with Gasteiger partial charge in [0.1, 0.15) is 10.8 Å². The lowest BCUT2D eigenvalue weighted by Crippen LogP contribution is -2.20. The zero-order chi connectivity index (χ0) is 10.0. The zero-order valence-corrected chi connectivity index (χ0v) is 8.15. The van der Waals surface area contributed by atoms with E-state index in [0.717, 1.165) is 0 Å². The lowest BCUT2D eigenvalue weighted by atomic mass is 10.4. The normalized spacial score (nSPS) is 9.38. The molecule has 0 radical (unpaired) electrons. The second-order valence-corrected chi connectivity index (χ2v) is 3.06. The highest BCUT2D eigenvalue weighted by Crippen LogP contribution is 2.24. The van der Waals surface area contributed by atoms with Crippen LogP contribution in [0.15, 0.2) is 6.07 Å². The molecule has 0 spiro atoms. The third kappa shape index (κ3) is 1.77. The summed E-state index contributed by atoms with van der Waals surface area (Å²) in [6.45, 7) is 0. The SMILES string of the molecule is Cn1c(C(=O)NC#N)cc(Cl)c1Cl. The fourth-order valence-corrected chi connectivity index (χ4v) is 1.25. The molecule has 0 bridgehead atoms. The van der Waals surface area contributed by atoms with Gasteiger partial charge in [-0.25, -0.2) is 0 Å². The smallest absolute Gasteiger partial charge is 0.280 e. The van der Waals surface area contributed by atoms with Gasteiger partial charge in [0.15, 0.2) is 6.19 Å². The summed E-state index contributed by atoms with van der Waals surface area (Å²) in [6, 6.07) is 1.40. The number of amides is 1. The fraction of sp³-hybridized carbons (Fsp3) is 0.143. The van der Waals surface area contributed by atoms with E-state index in [4.69, 9.17) is 28.5 Å². The van der Waals surface area contributed by atoms with Crippen molar-refractivity contribution in [3.05, 3.63) is 21.9 Å². The predicted molar refractivity (Wildman–Crippen MR) is 48.5 cm³/mol. The van der Waals surface area contributed by atoms with Crippen molar-refractivity contribution < 1.29 is 4.79 Å². The minimum Gasteiger partial charge on any atom is -0.329 e. The van der Waals surface area contributed by atoms with E-state index in [1.807, 2.05) is 5.32 Å². The predicted octanol–water partition coefficient (Wildman–Crippen LogP) is 1.54. The van der Waals surface area contributed by atoms with Gasteiger partial charge in [0.2, 0.25) is 0 Å². The van der Waals surface area contributed by atoms with Crippen molar-refractivity contribution in [1.82, 2.24) is 9.88 Å². The minimum atomic E-state index is -0.529. The van der Waals surface area contributed by atoms with Gasteiger partial charge in [-0.2, -0.15) is 5.26 Å². The zero-order valence-electron chi connectivity index (χ0n) is 6.64. The molecule has 0 aliphatic heterocycles. The van der Waals surface area contributed by atoms with Crippen LogP contribution in [0.25, 0.3) is 0 Å². The molecule has 0 aromatic carbocycles. The number of halogens is 2. The van der Waals surface area contributed by atoms with Gasteiger partial charge in [0.05, 0.1) is 5.02 Å². The number of carbonyl (C=O) groups is 1. The maximum atomic E-state index is 11.2. The summed E-state index contributed by atoms with van der Waals surface area (Å²) < 4.78 is 1.40. The monoisotopic (exact) mass is 217 g/mol. The molecule has 0 saturated heterocycles. The average molecular weight is 218 g/mol. The first-order valence-corrected chi connectivity index (χ1v) is 4.03. The summed E-state index contributed by atoms with van der Waals surface area (Å²) in [6.07, 6.45) is 1.52. The highest BCUT2D eigenvalue weighted by Gasteiger charge is 2.14. The van der Waals surface area contributed by atoms with E-state index >= 15 is 0 Å². The van der Waals surface area contributed by atoms with Gasteiger partial charge in [0.25, 0.3) is 5.91 Å². The summed E-state index contributed by atoms with van der Waals surface area (Å²) in [5.41, 5.74) is 0.247. The van der Waals surface area contributed by atoms with Crippen LogP contribution < -0.4 is 5.32 Å². The third-order valence-electron chi connectivity index (χ3n) is 1.52. The molecule has 1 N–H and O–H groups in total. The molecule has 1 aromatic heterocycles. The summed E-state index contributed by atoms with van der Waals surface area (Å²) in [5, 5.41) is 10.7. The topological polar surface area (TPSA) is 57.8 Å². The van der Waals surface area contributed by atoms with Crippen LogP contribution in [0, 0.1) is 11.5 Å². The molecule has 0 unspecified atom stereocenters. The Hall–Kier alpha value is -1.18. The molecule has 13 heavy (non-hydrogen) atoms. The van der Waals surface area contributed by atoms with E-state index in [-0.39, 0.29) is 15.9 Å². The van der Waals surface area contributed by atoms with Gasteiger partial charge >= 0.3 is 0 Å². The van der Waals surface area contributed by atoms with Crippen molar-refractivity contribution in [2.45, 2.75) is 0 Å². The Morgan fingerprint density at radius 1 is 1.69 bits per heavy atom. The van der Waals surface area contributed by atoms with Crippen LogP contribution in [0.1, 0.15) is 10.5 Å². The van der Waals surface area contributed by atoms with Crippen LogP contribution in [0.2, 0.25) is 10.2 Å². The van der Waals surface area contributed by atoms with Crippen molar-refractivity contribution in [1.29, 1.82) is 5.26 Å². The van der Waals surface area contributed by atoms with E-state index in [9.17, 15) is 4.79 Å². The minimum absolute atomic E-state index is 0.247. The van der Waals surface area contributed by atoms with Crippen LogP contribution >= 0.6 is 23.2 Å². The van der Waals surface area contributed by atoms with E-state index in [0.29, 0.717) is 0 Å². The largest absolute Gasteiger partial charge is 0.329 e. The molecule has 6 heteroatoms. The van der Waals surface area contributed by atoms with Gasteiger partial charge in [-0.1, -0.05) is 23.2 Å². The molecule has 0 atom stereocenters. The van der Waals surface area contributed by atoms with Crippen LogP contribution in [0.3, 0.4) is 0 Å². The summed E-state index contributed by atoms with van der Waals surface area (Å²) >= 11 is 11.4. The molecule has 1 heterocycles. The molecule has 0 aliphatic rings. The van der Waals surface area contributed by atoms with E-state index in [1.165, 1.54) is 16.8 Å². The molecular weight excluding hydrogens is 213 g/mol. The summed E-state index contributed by atoms with van der Waals surface area (Å²) in [5.74, 6) is -0.529. The van der Waals surface area contributed by atoms with Crippen LogP contribution in [0.4, 0.5) is 0 Å². The molecule has 68 valence electrons. The van der Waals surface area contributed by atoms with E-state index in [2.05, 4.69) is 0 Å². The molecule has 0 fully saturated rings. The Balaban J connectivity index is 3.10. The van der Waals surface area contributed by atoms with Gasteiger partial charge in [-0.15, -0.1) is 0 Å². The number of carbonyl (C=O) groups excluding carboxylic acids is 1. The number of nitrogens with zero attached hydrogens (tertiary/aromatic N) is 2. The molecule has 0 saturated carbocycles. The standard InChI is InChI=1S/C7H5Cl2N3O/c1-12-5(7(13)11-3-10)2-4(8)6(12)9/h2H,1H3,(H,11,13). The Labute approximate surface area is 84.7 Å². The van der Waals surface area contributed by atoms with Crippen LogP contribution in [-0.4, -0.2) is 10.5 Å². The number of nitrogens with one attached hydrogen (secondary N) is 1. The highest BCUT2D eigenvalue weighted by atomic mass is 35.5. The number of rotatable bonds is 1. The number of nitriles is 1. The molecule has 1 rings (SSSR count). The Morgan fingerprint density at radius 2 is 2.31 bits per heavy atom. The van der Waals surface area contributed by atoms with Gasteiger partial charge in [0, 0.05) is 7.05 Å². The number of hydrogen-bond acceptors (Lipinski definition) is 2. The number of hydrogen-bond donors (Lipinski definition) is 1. The first kappa shape index (κ1) is 9.90. The Bertz CT molecular complexity index is 391. The fourth-order valence-electron chi connectivity index (χ4n) is 0.875. The van der Waals surface area contributed by atoms with Crippen molar-refractivity contribution >= 4 is 29.1 Å². The van der Waals surface area contributed by atoms with Gasteiger partial charge < -0.3 is 4.57 Å². The molecule has 1 amide bonds. The third-order valence-corrected chi connectivity index (χ3v) is 2.36. The lowest BCUT2D eigenvalue weighted by molar-refractivity contribution is 0.0965. The van der Waals surface area contributed by atoms with Gasteiger partial charge in [-0.05, 0) is 6.07 Å². The van der Waals surface area contributed by atoms with E-state index < -0.39 is 5.91 Å². The van der Waals surface area contributed by atoms with Crippen LogP contribution in [0.5, 0.6) is 0 Å². The van der Waals surface area contributed by atoms with Gasteiger partial charge in [-0.3, -0.25) is 10.1 Å². The second kappa shape index (κ2) is 3.69. The second-order valence-electron chi connectivity index (χ2n) is 2.29. The highest BCUT2D eigenvalue weighted by molar-refractivity contribution is 6.41. The van der Waals surface area contributed by atoms with E-state index in [1.54, 1.807) is 7.05 Å². The Kier molecular flexibility index (Phi) is 2.81. The quantitative estimate of drug-likeness (QED) is 0.574. The molecule has 0 aliphatic carbocycles. The molecule has 4 nitrogen and oxygen atoms in total. The maximum absolute atomic E-state index is 11.2. The summed E-state index contributed by atoms with van der Waals surface area (Å²) in [7, 11) is 1.58. The van der Waals surface area contributed by atoms with Crippen molar-refractivity contribution in [2.24, 2.45) is 7.05 Å². The summed E-state index contributed by atoms with van der Waals surface area (Å²) in [4.78, 5) is 11.2. The Morgan fingerprint density at radius 3 is 2.69 bits per heavy atom. The van der Waals surface area contributed by atoms with Crippen molar-refractivity contribution in [2.75, 3.05) is 0 Å². The first-order chi connectivity index (χ1) is 6.07. The van der Waals surface area contributed by atoms with Crippen LogP contribution in [-0.2, 0) is 7.05 Å². The van der Waals surface area contributed by atoms with Crippen molar-refractivity contribution in [3.63, 3.8) is 0 Å². The molecule has 1 aromatic rings. The number of aromatic nitrogens is 1. The maximum Gasteiger partial charge on any atom is 0.280 e.